The molecule has 1 aliphatic rings. The SMILES string of the molecule is C[C@@H]1CN(C(=O)CNC(=O)c2ccc(Cl)c(Cl)c2)C[C@H]1C(=O)O. The van der Waals surface area contributed by atoms with Crippen molar-refractivity contribution in [2.45, 2.75) is 6.92 Å². The molecule has 2 atom stereocenters. The van der Waals surface area contributed by atoms with Crippen molar-refractivity contribution in [3.8, 4) is 0 Å². The molecule has 23 heavy (non-hydrogen) atoms. The number of nitrogens with one attached hydrogen (secondary N) is 1. The Balaban J connectivity index is 1.90. The maximum Gasteiger partial charge on any atom is 0.308 e. The van der Waals surface area contributed by atoms with Crippen LogP contribution in [0.1, 0.15) is 17.3 Å². The van der Waals surface area contributed by atoms with Gasteiger partial charge in [0.15, 0.2) is 0 Å². The molecule has 1 fully saturated rings. The molecule has 0 unspecified atom stereocenters. The van der Waals surface area contributed by atoms with Crippen LogP contribution in [0.5, 0.6) is 0 Å². The van der Waals surface area contributed by atoms with Crippen LogP contribution in [0.4, 0.5) is 0 Å². The molecule has 2 rings (SSSR count). The van der Waals surface area contributed by atoms with E-state index < -0.39 is 17.8 Å². The van der Waals surface area contributed by atoms with E-state index in [-0.39, 0.29) is 29.9 Å². The Labute approximate surface area is 143 Å². The Hall–Kier alpha value is -1.79. The predicted octanol–water partition coefficient (Wildman–Crippen LogP) is 1.90. The van der Waals surface area contributed by atoms with E-state index in [1.165, 1.54) is 23.1 Å². The number of likely N-dealkylation sites (tertiary alicyclic amines) is 1. The number of amides is 2. The second kappa shape index (κ2) is 7.19. The number of benzene rings is 1. The van der Waals surface area contributed by atoms with Gasteiger partial charge in [-0.05, 0) is 24.1 Å². The standard InChI is InChI=1S/C15H16Cl2N2O4/c1-8-6-19(7-10(8)15(22)23)13(20)5-18-14(21)9-2-3-11(16)12(17)4-9/h2-4,8,10H,5-7H2,1H3,(H,18,21)(H,22,23)/t8-,10-/m1/s1. The van der Waals surface area contributed by atoms with Crippen LogP contribution < -0.4 is 5.32 Å². The van der Waals surface area contributed by atoms with Crippen LogP contribution in [0.15, 0.2) is 18.2 Å². The average molecular weight is 359 g/mol. The Morgan fingerprint density at radius 2 is 1.96 bits per heavy atom. The lowest BCUT2D eigenvalue weighted by atomic mass is 9.99. The first kappa shape index (κ1) is 17.6. The minimum atomic E-state index is -0.910. The van der Waals surface area contributed by atoms with Crippen LogP contribution in [0.3, 0.4) is 0 Å². The van der Waals surface area contributed by atoms with E-state index >= 15 is 0 Å². The lowest BCUT2D eigenvalue weighted by Gasteiger charge is -2.16. The first-order chi connectivity index (χ1) is 10.8. The van der Waals surface area contributed by atoms with E-state index in [9.17, 15) is 14.4 Å². The third kappa shape index (κ3) is 4.14. The highest BCUT2D eigenvalue weighted by Gasteiger charge is 2.36. The lowest BCUT2D eigenvalue weighted by molar-refractivity contribution is -0.142. The smallest absolute Gasteiger partial charge is 0.308 e. The summed E-state index contributed by atoms with van der Waals surface area (Å²) in [6.45, 7) is 2.13. The van der Waals surface area contributed by atoms with Crippen LogP contribution in [-0.4, -0.2) is 47.4 Å². The van der Waals surface area contributed by atoms with Gasteiger partial charge < -0.3 is 15.3 Å². The molecule has 1 aromatic carbocycles. The summed E-state index contributed by atoms with van der Waals surface area (Å²) < 4.78 is 0. The van der Waals surface area contributed by atoms with Gasteiger partial charge in [-0.2, -0.15) is 0 Å². The van der Waals surface area contributed by atoms with E-state index in [2.05, 4.69) is 5.32 Å². The molecule has 0 radical (unpaired) electrons. The van der Waals surface area contributed by atoms with Gasteiger partial charge in [0.05, 0.1) is 22.5 Å². The molecule has 8 heteroatoms. The van der Waals surface area contributed by atoms with Crippen molar-refractivity contribution in [3.63, 3.8) is 0 Å². The van der Waals surface area contributed by atoms with Crippen molar-refractivity contribution in [2.75, 3.05) is 19.6 Å². The fraction of sp³-hybridized carbons (Fsp3) is 0.400. The quantitative estimate of drug-likeness (QED) is 0.860. The topological polar surface area (TPSA) is 86.7 Å². The molecule has 2 amide bonds. The first-order valence-electron chi connectivity index (χ1n) is 7.03. The molecular formula is C15H16Cl2N2O4. The van der Waals surface area contributed by atoms with Crippen molar-refractivity contribution in [1.29, 1.82) is 0 Å². The molecule has 2 N–H and O–H groups in total. The number of nitrogens with zero attached hydrogens (tertiary/aromatic N) is 1. The fourth-order valence-electron chi connectivity index (χ4n) is 2.50. The van der Waals surface area contributed by atoms with E-state index in [4.69, 9.17) is 28.3 Å². The van der Waals surface area contributed by atoms with Crippen molar-refractivity contribution < 1.29 is 19.5 Å². The van der Waals surface area contributed by atoms with Gasteiger partial charge in [0, 0.05) is 18.7 Å². The number of halogens is 2. The predicted molar refractivity (Wildman–Crippen MR) is 85.7 cm³/mol. The summed E-state index contributed by atoms with van der Waals surface area (Å²) >= 11 is 11.6. The maximum atomic E-state index is 12.1. The third-order valence-corrected chi connectivity index (χ3v) is 4.60. The summed E-state index contributed by atoms with van der Waals surface area (Å²) in [5.74, 6) is -2.34. The van der Waals surface area contributed by atoms with Crippen LogP contribution in [-0.2, 0) is 9.59 Å². The van der Waals surface area contributed by atoms with Gasteiger partial charge in [-0.3, -0.25) is 14.4 Å². The number of hydrogen-bond acceptors (Lipinski definition) is 3. The van der Waals surface area contributed by atoms with Crippen molar-refractivity contribution in [3.05, 3.63) is 33.8 Å². The molecule has 124 valence electrons. The highest BCUT2D eigenvalue weighted by atomic mass is 35.5. The summed E-state index contributed by atoms with van der Waals surface area (Å²) in [4.78, 5) is 36.6. The van der Waals surface area contributed by atoms with Crippen molar-refractivity contribution in [2.24, 2.45) is 11.8 Å². The minimum Gasteiger partial charge on any atom is -0.481 e. The molecule has 1 aliphatic heterocycles. The minimum absolute atomic E-state index is 0.109. The number of carbonyl (C=O) groups excluding carboxylic acids is 2. The highest BCUT2D eigenvalue weighted by molar-refractivity contribution is 6.42. The molecule has 1 aromatic rings. The van der Waals surface area contributed by atoms with Crippen LogP contribution >= 0.6 is 23.2 Å². The van der Waals surface area contributed by atoms with Gasteiger partial charge in [-0.25, -0.2) is 0 Å². The first-order valence-corrected chi connectivity index (χ1v) is 7.79. The largest absolute Gasteiger partial charge is 0.481 e. The average Bonchev–Trinajstić information content (AvgIpc) is 2.89. The zero-order valence-corrected chi connectivity index (χ0v) is 13.9. The van der Waals surface area contributed by atoms with Crippen LogP contribution in [0.2, 0.25) is 10.0 Å². The molecule has 0 aromatic heterocycles. The number of aliphatic carboxylic acids is 1. The molecule has 0 saturated carbocycles. The van der Waals surface area contributed by atoms with Crippen molar-refractivity contribution in [1.82, 2.24) is 10.2 Å². The summed E-state index contributed by atoms with van der Waals surface area (Å²) in [5.41, 5.74) is 0.297. The van der Waals surface area contributed by atoms with E-state index in [1.807, 2.05) is 0 Å². The van der Waals surface area contributed by atoms with Crippen LogP contribution in [0, 0.1) is 11.8 Å². The number of rotatable bonds is 4. The van der Waals surface area contributed by atoms with E-state index in [0.717, 1.165) is 0 Å². The van der Waals surface area contributed by atoms with Gasteiger partial charge in [0.2, 0.25) is 5.91 Å². The molecule has 0 aliphatic carbocycles. The van der Waals surface area contributed by atoms with Gasteiger partial charge in [0.25, 0.3) is 5.91 Å². The normalized spacial score (nSPS) is 20.4. The maximum absolute atomic E-state index is 12.1. The number of carboxylic acids is 1. The number of carbonyl (C=O) groups is 3. The van der Waals surface area contributed by atoms with Gasteiger partial charge in [-0.15, -0.1) is 0 Å². The lowest BCUT2D eigenvalue weighted by Crippen LogP contribution is -2.39. The van der Waals surface area contributed by atoms with E-state index in [1.54, 1.807) is 6.92 Å². The molecule has 1 heterocycles. The summed E-state index contributed by atoms with van der Waals surface area (Å²) in [7, 11) is 0. The summed E-state index contributed by atoms with van der Waals surface area (Å²) in [5, 5.41) is 12.2. The Bertz CT molecular complexity index is 650. The van der Waals surface area contributed by atoms with Gasteiger partial charge in [0.1, 0.15) is 0 Å². The Morgan fingerprint density at radius 3 is 2.52 bits per heavy atom. The summed E-state index contributed by atoms with van der Waals surface area (Å²) in [6, 6.07) is 4.43. The fourth-order valence-corrected chi connectivity index (χ4v) is 2.80. The van der Waals surface area contributed by atoms with E-state index in [0.29, 0.717) is 17.1 Å². The molecule has 0 spiro atoms. The number of carboxylic acid groups (broad SMARTS) is 1. The second-order valence-electron chi connectivity index (χ2n) is 5.53. The highest BCUT2D eigenvalue weighted by Crippen LogP contribution is 2.23. The van der Waals surface area contributed by atoms with Gasteiger partial charge >= 0.3 is 5.97 Å². The summed E-state index contributed by atoms with van der Waals surface area (Å²) in [6.07, 6.45) is 0. The molecule has 0 bridgehead atoms. The zero-order chi connectivity index (χ0) is 17.1. The third-order valence-electron chi connectivity index (χ3n) is 3.86. The Kier molecular flexibility index (Phi) is 5.49. The van der Waals surface area contributed by atoms with Crippen molar-refractivity contribution >= 4 is 41.0 Å². The zero-order valence-electron chi connectivity index (χ0n) is 12.4. The monoisotopic (exact) mass is 358 g/mol. The second-order valence-corrected chi connectivity index (χ2v) is 6.35. The molecular weight excluding hydrogens is 343 g/mol. The van der Waals surface area contributed by atoms with Gasteiger partial charge in [-0.1, -0.05) is 30.1 Å². The van der Waals surface area contributed by atoms with Crippen LogP contribution in [0.25, 0.3) is 0 Å². The molecule has 6 nitrogen and oxygen atoms in total. The number of hydrogen-bond donors (Lipinski definition) is 2. The Morgan fingerprint density at radius 1 is 1.26 bits per heavy atom. The molecule has 1 saturated heterocycles.